The number of aromatic nitrogens is 2. The van der Waals surface area contributed by atoms with Crippen molar-refractivity contribution in [2.45, 2.75) is 19.4 Å². The van der Waals surface area contributed by atoms with Crippen LogP contribution in [0.1, 0.15) is 29.8 Å². The maximum Gasteiger partial charge on any atom is 0.252 e. The smallest absolute Gasteiger partial charge is 0.252 e. The van der Waals surface area contributed by atoms with Crippen LogP contribution in [0.25, 0.3) is 11.0 Å². The number of likely N-dealkylation sites (N-methyl/N-ethyl adjacent to an activating group) is 1. The van der Waals surface area contributed by atoms with Crippen molar-refractivity contribution < 1.29 is 14.3 Å². The van der Waals surface area contributed by atoms with Crippen molar-refractivity contribution in [3.63, 3.8) is 0 Å². The molecule has 0 saturated heterocycles. The van der Waals surface area contributed by atoms with Crippen molar-refractivity contribution in [1.82, 2.24) is 14.9 Å². The number of ether oxygens (including phenoxy) is 1. The Labute approximate surface area is 220 Å². The third kappa shape index (κ3) is 4.65. The number of benzene rings is 2. The topological polar surface area (TPSA) is 90.6 Å². The highest BCUT2D eigenvalue weighted by Crippen LogP contribution is 2.41. The monoisotopic (exact) mass is 517 g/mol. The Bertz CT molecular complexity index is 1500. The van der Waals surface area contributed by atoms with Gasteiger partial charge in [0.25, 0.3) is 5.91 Å². The summed E-state index contributed by atoms with van der Waals surface area (Å²) in [6.07, 6.45) is 3.31. The number of rotatable bonds is 7. The van der Waals surface area contributed by atoms with Crippen molar-refractivity contribution >= 4 is 45.7 Å². The van der Waals surface area contributed by atoms with Crippen molar-refractivity contribution in [2.75, 3.05) is 37.4 Å². The first-order valence-corrected chi connectivity index (χ1v) is 12.4. The number of amides is 1. The predicted molar refractivity (Wildman–Crippen MR) is 146 cm³/mol. The SMILES string of the molecule is CN(C)CCN1C(=O)C(C)(C)Nc2c1cnc1[nH]cc(C(=O)c3ccc(Oc4ccccc4)cc3Cl)c21. The highest BCUT2D eigenvalue weighted by atomic mass is 35.5. The highest BCUT2D eigenvalue weighted by molar-refractivity contribution is 6.36. The number of pyridine rings is 1. The van der Waals surface area contributed by atoms with Gasteiger partial charge in [-0.3, -0.25) is 9.59 Å². The summed E-state index contributed by atoms with van der Waals surface area (Å²) in [5.74, 6) is 0.899. The molecular formula is C28H28ClN5O3. The zero-order valence-electron chi connectivity index (χ0n) is 21.1. The number of carbonyl (C=O) groups excluding carboxylic acids is 2. The van der Waals surface area contributed by atoms with Gasteiger partial charge in [0.2, 0.25) is 0 Å². The second-order valence-electron chi connectivity index (χ2n) is 9.84. The summed E-state index contributed by atoms with van der Waals surface area (Å²) < 4.78 is 5.85. The van der Waals surface area contributed by atoms with E-state index in [9.17, 15) is 9.59 Å². The Balaban J connectivity index is 1.54. The van der Waals surface area contributed by atoms with Gasteiger partial charge in [-0.2, -0.15) is 0 Å². The van der Waals surface area contributed by atoms with Crippen LogP contribution in [0.15, 0.2) is 60.9 Å². The molecule has 0 spiro atoms. The number of halogens is 1. The molecule has 4 aromatic rings. The minimum Gasteiger partial charge on any atom is -0.457 e. The van der Waals surface area contributed by atoms with Crippen LogP contribution in [0.3, 0.4) is 0 Å². The van der Waals surface area contributed by atoms with Gasteiger partial charge in [0.1, 0.15) is 22.7 Å². The number of hydrogen-bond acceptors (Lipinski definition) is 6. The molecule has 0 saturated carbocycles. The molecule has 190 valence electrons. The number of nitrogens with one attached hydrogen (secondary N) is 2. The molecule has 8 nitrogen and oxygen atoms in total. The highest BCUT2D eigenvalue weighted by Gasteiger charge is 2.40. The summed E-state index contributed by atoms with van der Waals surface area (Å²) in [6.45, 7) is 4.86. The number of fused-ring (bicyclic) bond motifs is 3. The normalized spacial score (nSPS) is 14.5. The molecular weight excluding hydrogens is 490 g/mol. The van der Waals surface area contributed by atoms with Gasteiger partial charge in [0.05, 0.1) is 33.5 Å². The van der Waals surface area contributed by atoms with Gasteiger partial charge in [0, 0.05) is 30.9 Å². The van der Waals surface area contributed by atoms with Crippen LogP contribution in [0.2, 0.25) is 5.02 Å². The third-order valence-corrected chi connectivity index (χ3v) is 6.68. The Morgan fingerprint density at radius 2 is 1.86 bits per heavy atom. The lowest BCUT2D eigenvalue weighted by molar-refractivity contribution is -0.122. The predicted octanol–water partition coefficient (Wildman–Crippen LogP) is 5.34. The lowest BCUT2D eigenvalue weighted by atomic mass is 9.95. The van der Waals surface area contributed by atoms with E-state index in [4.69, 9.17) is 16.3 Å². The summed E-state index contributed by atoms with van der Waals surface area (Å²) in [4.78, 5) is 38.4. The number of anilines is 2. The first-order valence-electron chi connectivity index (χ1n) is 12.0. The first kappa shape index (κ1) is 24.8. The number of H-pyrrole nitrogens is 1. The molecule has 0 radical (unpaired) electrons. The van der Waals surface area contributed by atoms with Crippen LogP contribution in [-0.4, -0.2) is 59.3 Å². The molecule has 0 bridgehead atoms. The van der Waals surface area contributed by atoms with Crippen molar-refractivity contribution in [3.8, 4) is 11.5 Å². The molecule has 0 atom stereocenters. The van der Waals surface area contributed by atoms with Crippen LogP contribution in [-0.2, 0) is 4.79 Å². The standard InChI is InChI=1S/C28H28ClN5O3/c1-28(2)27(36)34(13-12-33(3)4)22-16-31-26-23(24(22)32-28)20(15-30-26)25(35)19-11-10-18(14-21(19)29)37-17-8-6-5-7-9-17/h5-11,14-16,32H,12-13H2,1-4H3,(H,30,31). The van der Waals surface area contributed by atoms with E-state index >= 15 is 0 Å². The molecule has 37 heavy (non-hydrogen) atoms. The van der Waals surface area contributed by atoms with Crippen molar-refractivity contribution in [2.24, 2.45) is 0 Å². The molecule has 1 aliphatic heterocycles. The van der Waals surface area contributed by atoms with E-state index in [1.54, 1.807) is 35.5 Å². The maximum atomic E-state index is 13.7. The Morgan fingerprint density at radius 1 is 1.11 bits per heavy atom. The van der Waals surface area contributed by atoms with Gasteiger partial charge in [-0.1, -0.05) is 29.8 Å². The van der Waals surface area contributed by atoms with E-state index in [-0.39, 0.29) is 16.7 Å². The average molecular weight is 518 g/mol. The summed E-state index contributed by atoms with van der Waals surface area (Å²) in [7, 11) is 3.92. The average Bonchev–Trinajstić information content (AvgIpc) is 3.29. The van der Waals surface area contributed by atoms with Gasteiger partial charge in [-0.15, -0.1) is 0 Å². The fourth-order valence-electron chi connectivity index (χ4n) is 4.44. The lowest BCUT2D eigenvalue weighted by Gasteiger charge is -2.40. The van der Waals surface area contributed by atoms with E-state index in [0.717, 1.165) is 0 Å². The molecule has 2 N–H and O–H groups in total. The lowest BCUT2D eigenvalue weighted by Crippen LogP contribution is -2.55. The molecule has 1 amide bonds. The van der Waals surface area contributed by atoms with Gasteiger partial charge in [-0.25, -0.2) is 4.98 Å². The van der Waals surface area contributed by atoms with E-state index in [1.165, 1.54) is 0 Å². The quantitative estimate of drug-likeness (QED) is 0.322. The fraction of sp³-hybridized carbons (Fsp3) is 0.250. The summed E-state index contributed by atoms with van der Waals surface area (Å²) in [6, 6.07) is 14.4. The molecule has 3 heterocycles. The van der Waals surface area contributed by atoms with Gasteiger partial charge >= 0.3 is 0 Å². The molecule has 0 unspecified atom stereocenters. The van der Waals surface area contributed by atoms with Crippen LogP contribution in [0, 0.1) is 0 Å². The zero-order valence-corrected chi connectivity index (χ0v) is 21.9. The Kier molecular flexibility index (Phi) is 6.39. The number of nitrogens with zero attached hydrogens (tertiary/aromatic N) is 3. The van der Waals surface area contributed by atoms with Gasteiger partial charge in [-0.05, 0) is 52.2 Å². The van der Waals surface area contributed by atoms with E-state index < -0.39 is 5.54 Å². The van der Waals surface area contributed by atoms with Crippen LogP contribution >= 0.6 is 11.6 Å². The van der Waals surface area contributed by atoms with Crippen LogP contribution in [0.5, 0.6) is 11.5 Å². The molecule has 9 heteroatoms. The molecule has 2 aromatic carbocycles. The molecule has 2 aromatic heterocycles. The van der Waals surface area contributed by atoms with E-state index in [0.29, 0.717) is 58.1 Å². The molecule has 0 aliphatic carbocycles. The summed E-state index contributed by atoms with van der Waals surface area (Å²) in [5.41, 5.74) is 1.79. The van der Waals surface area contributed by atoms with Crippen LogP contribution in [0.4, 0.5) is 11.4 Å². The second-order valence-corrected chi connectivity index (χ2v) is 10.2. The third-order valence-electron chi connectivity index (χ3n) is 6.37. The number of carbonyl (C=O) groups is 2. The minimum absolute atomic E-state index is 0.0524. The molecule has 0 fully saturated rings. The minimum atomic E-state index is -0.862. The fourth-order valence-corrected chi connectivity index (χ4v) is 4.70. The largest absolute Gasteiger partial charge is 0.457 e. The number of hydrogen-bond donors (Lipinski definition) is 2. The van der Waals surface area contributed by atoms with Crippen molar-refractivity contribution in [3.05, 3.63) is 77.1 Å². The van der Waals surface area contributed by atoms with Gasteiger partial charge in [0.15, 0.2) is 5.78 Å². The van der Waals surface area contributed by atoms with Crippen molar-refractivity contribution in [1.29, 1.82) is 0 Å². The number of aromatic amines is 1. The summed E-state index contributed by atoms with van der Waals surface area (Å²) >= 11 is 6.56. The molecule has 5 rings (SSSR count). The number of para-hydroxylation sites is 1. The first-order chi connectivity index (χ1) is 17.7. The zero-order chi connectivity index (χ0) is 26.3. The Morgan fingerprint density at radius 3 is 2.57 bits per heavy atom. The summed E-state index contributed by atoms with van der Waals surface area (Å²) in [5, 5.41) is 4.26. The maximum absolute atomic E-state index is 13.7. The Hall–Kier alpha value is -3.88. The molecule has 1 aliphatic rings. The van der Waals surface area contributed by atoms with E-state index in [1.807, 2.05) is 63.2 Å². The van der Waals surface area contributed by atoms with E-state index in [2.05, 4.69) is 15.3 Å². The van der Waals surface area contributed by atoms with Crippen LogP contribution < -0.4 is 15.0 Å². The number of ketones is 1. The van der Waals surface area contributed by atoms with Gasteiger partial charge < -0.3 is 24.8 Å². The second kappa shape index (κ2) is 9.53.